The van der Waals surface area contributed by atoms with Gasteiger partial charge in [-0.2, -0.15) is 5.10 Å². The van der Waals surface area contributed by atoms with E-state index in [0.29, 0.717) is 0 Å². The number of hydrogen-bond donors (Lipinski definition) is 1. The van der Waals surface area contributed by atoms with Gasteiger partial charge in [-0.1, -0.05) is 6.92 Å². The Morgan fingerprint density at radius 3 is 2.63 bits per heavy atom. The highest BCUT2D eigenvalue weighted by molar-refractivity contribution is 9.10. The van der Waals surface area contributed by atoms with Crippen molar-refractivity contribution in [3.8, 4) is 0 Å². The molecule has 0 aliphatic rings. The molecular formula is C13H18BrN5. The summed E-state index contributed by atoms with van der Waals surface area (Å²) in [7, 11) is 0. The van der Waals surface area contributed by atoms with Gasteiger partial charge in [-0.15, -0.1) is 0 Å². The van der Waals surface area contributed by atoms with Crippen LogP contribution in [0.4, 0.5) is 0 Å². The fraction of sp³-hybridized carbons (Fsp3) is 0.462. The number of hydrogen-bond acceptors (Lipinski definition) is 4. The first kappa shape index (κ1) is 14.1. The molecule has 0 aliphatic carbocycles. The molecule has 5 nitrogen and oxygen atoms in total. The molecule has 0 radical (unpaired) electrons. The third kappa shape index (κ3) is 3.19. The SMILES string of the molecule is CCCNC(c1cncnc1)c1c(Br)cnn1CC. The van der Waals surface area contributed by atoms with Crippen molar-refractivity contribution in [2.75, 3.05) is 6.54 Å². The molecule has 19 heavy (non-hydrogen) atoms. The quantitative estimate of drug-likeness (QED) is 0.887. The molecule has 0 saturated heterocycles. The van der Waals surface area contributed by atoms with Crippen molar-refractivity contribution in [1.29, 1.82) is 0 Å². The van der Waals surface area contributed by atoms with Gasteiger partial charge in [0.2, 0.25) is 0 Å². The normalized spacial score (nSPS) is 12.6. The second kappa shape index (κ2) is 6.77. The van der Waals surface area contributed by atoms with Crippen molar-refractivity contribution in [1.82, 2.24) is 25.1 Å². The molecular weight excluding hydrogens is 306 g/mol. The Hall–Kier alpha value is -1.27. The fourth-order valence-electron chi connectivity index (χ4n) is 2.03. The molecule has 102 valence electrons. The van der Waals surface area contributed by atoms with Gasteiger partial charge in [-0.05, 0) is 35.8 Å². The van der Waals surface area contributed by atoms with Crippen LogP contribution in [-0.2, 0) is 6.54 Å². The molecule has 0 saturated carbocycles. The Kier molecular flexibility index (Phi) is 5.04. The summed E-state index contributed by atoms with van der Waals surface area (Å²) in [6.45, 7) is 6.00. The van der Waals surface area contributed by atoms with Crippen LogP contribution in [0, 0.1) is 0 Å². The van der Waals surface area contributed by atoms with Crippen LogP contribution in [0.2, 0.25) is 0 Å². The Morgan fingerprint density at radius 1 is 1.26 bits per heavy atom. The average Bonchev–Trinajstić information content (AvgIpc) is 2.82. The molecule has 1 N–H and O–H groups in total. The highest BCUT2D eigenvalue weighted by Crippen LogP contribution is 2.28. The molecule has 2 rings (SSSR count). The number of halogens is 1. The van der Waals surface area contributed by atoms with Crippen molar-refractivity contribution in [3.05, 3.63) is 40.6 Å². The van der Waals surface area contributed by atoms with Crippen molar-refractivity contribution in [2.24, 2.45) is 0 Å². The summed E-state index contributed by atoms with van der Waals surface area (Å²) >= 11 is 3.58. The standard InChI is InChI=1S/C13H18BrN5/c1-3-5-17-12(10-6-15-9-16-7-10)13-11(14)8-18-19(13)4-2/h6-9,12,17H,3-5H2,1-2H3. The van der Waals surface area contributed by atoms with Gasteiger partial charge < -0.3 is 5.32 Å². The molecule has 6 heteroatoms. The summed E-state index contributed by atoms with van der Waals surface area (Å²) in [5, 5.41) is 7.91. The second-order valence-corrected chi connectivity index (χ2v) is 5.11. The minimum Gasteiger partial charge on any atom is -0.305 e. The lowest BCUT2D eigenvalue weighted by Crippen LogP contribution is -2.26. The molecule has 0 fully saturated rings. The molecule has 1 atom stereocenters. The first-order valence-corrected chi connectivity index (χ1v) is 7.26. The first-order valence-electron chi connectivity index (χ1n) is 6.47. The molecule has 2 aromatic rings. The summed E-state index contributed by atoms with van der Waals surface area (Å²) in [6.07, 6.45) is 8.15. The third-order valence-corrected chi connectivity index (χ3v) is 3.53. The van der Waals surface area contributed by atoms with Gasteiger partial charge in [0.05, 0.1) is 22.4 Å². The predicted octanol–water partition coefficient (Wildman–Crippen LogP) is 2.54. The van der Waals surface area contributed by atoms with Crippen LogP contribution < -0.4 is 5.32 Å². The smallest absolute Gasteiger partial charge is 0.115 e. The zero-order valence-corrected chi connectivity index (χ0v) is 12.8. The second-order valence-electron chi connectivity index (χ2n) is 4.25. The van der Waals surface area contributed by atoms with Crippen molar-refractivity contribution in [3.63, 3.8) is 0 Å². The molecule has 0 amide bonds. The van der Waals surface area contributed by atoms with Gasteiger partial charge in [0.25, 0.3) is 0 Å². The topological polar surface area (TPSA) is 55.6 Å². The van der Waals surface area contributed by atoms with Gasteiger partial charge in [-0.25, -0.2) is 9.97 Å². The van der Waals surface area contributed by atoms with E-state index in [9.17, 15) is 0 Å². The van der Waals surface area contributed by atoms with Crippen molar-refractivity contribution < 1.29 is 0 Å². The molecule has 1 unspecified atom stereocenters. The maximum Gasteiger partial charge on any atom is 0.115 e. The van der Waals surface area contributed by atoms with Crippen LogP contribution in [0.3, 0.4) is 0 Å². The van der Waals surface area contributed by atoms with Crippen LogP contribution in [0.15, 0.2) is 29.4 Å². The first-order chi connectivity index (χ1) is 9.27. The van der Waals surface area contributed by atoms with E-state index in [0.717, 1.165) is 35.2 Å². The highest BCUT2D eigenvalue weighted by atomic mass is 79.9. The zero-order valence-electron chi connectivity index (χ0n) is 11.2. The highest BCUT2D eigenvalue weighted by Gasteiger charge is 2.21. The molecule has 0 aromatic carbocycles. The Bertz CT molecular complexity index is 511. The van der Waals surface area contributed by atoms with E-state index >= 15 is 0 Å². The van der Waals surface area contributed by atoms with Crippen molar-refractivity contribution in [2.45, 2.75) is 32.9 Å². The van der Waals surface area contributed by atoms with Crippen LogP contribution in [0.1, 0.15) is 37.6 Å². The van der Waals surface area contributed by atoms with E-state index in [-0.39, 0.29) is 6.04 Å². The van der Waals surface area contributed by atoms with E-state index < -0.39 is 0 Å². The molecule has 0 bridgehead atoms. The fourth-order valence-corrected chi connectivity index (χ4v) is 2.56. The van der Waals surface area contributed by atoms with Gasteiger partial charge in [0, 0.05) is 24.5 Å². The average molecular weight is 324 g/mol. The predicted molar refractivity (Wildman–Crippen MR) is 77.8 cm³/mol. The number of nitrogens with one attached hydrogen (secondary N) is 1. The van der Waals surface area contributed by atoms with Gasteiger partial charge in [-0.3, -0.25) is 4.68 Å². The number of rotatable bonds is 6. The van der Waals surface area contributed by atoms with Crippen LogP contribution >= 0.6 is 15.9 Å². The molecule has 0 spiro atoms. The van der Waals surface area contributed by atoms with E-state index in [1.165, 1.54) is 0 Å². The van der Waals surface area contributed by atoms with Gasteiger partial charge in [0.1, 0.15) is 6.33 Å². The Morgan fingerprint density at radius 2 is 2.00 bits per heavy atom. The third-order valence-electron chi connectivity index (χ3n) is 2.92. The Labute approximate surface area is 121 Å². The summed E-state index contributed by atoms with van der Waals surface area (Å²) < 4.78 is 3.00. The maximum atomic E-state index is 4.38. The molecule has 2 heterocycles. The summed E-state index contributed by atoms with van der Waals surface area (Å²) in [5.74, 6) is 0. The lowest BCUT2D eigenvalue weighted by atomic mass is 10.1. The largest absolute Gasteiger partial charge is 0.305 e. The lowest BCUT2D eigenvalue weighted by Gasteiger charge is -2.20. The summed E-state index contributed by atoms with van der Waals surface area (Å²) in [4.78, 5) is 8.23. The van der Waals surface area contributed by atoms with Crippen LogP contribution in [0.25, 0.3) is 0 Å². The van der Waals surface area contributed by atoms with E-state index in [4.69, 9.17) is 0 Å². The van der Waals surface area contributed by atoms with E-state index in [1.807, 2.05) is 23.3 Å². The number of nitrogens with zero attached hydrogens (tertiary/aromatic N) is 4. The Balaban J connectivity index is 2.40. The zero-order chi connectivity index (χ0) is 13.7. The van der Waals surface area contributed by atoms with Gasteiger partial charge >= 0.3 is 0 Å². The minimum atomic E-state index is 0.0537. The number of aryl methyl sites for hydroxylation is 1. The number of aromatic nitrogens is 4. The minimum absolute atomic E-state index is 0.0537. The van der Waals surface area contributed by atoms with E-state index in [1.54, 1.807) is 6.33 Å². The van der Waals surface area contributed by atoms with Crippen LogP contribution in [0.5, 0.6) is 0 Å². The maximum absolute atomic E-state index is 4.38. The summed E-state index contributed by atoms with van der Waals surface area (Å²) in [5.41, 5.74) is 2.16. The molecule has 0 aliphatic heterocycles. The van der Waals surface area contributed by atoms with Crippen molar-refractivity contribution >= 4 is 15.9 Å². The monoisotopic (exact) mass is 323 g/mol. The van der Waals surface area contributed by atoms with Crippen LogP contribution in [-0.4, -0.2) is 26.3 Å². The summed E-state index contributed by atoms with van der Waals surface area (Å²) in [6, 6.07) is 0.0537. The molecule has 2 aromatic heterocycles. The lowest BCUT2D eigenvalue weighted by molar-refractivity contribution is 0.526. The van der Waals surface area contributed by atoms with E-state index in [2.05, 4.69) is 50.2 Å². The van der Waals surface area contributed by atoms with Gasteiger partial charge in [0.15, 0.2) is 0 Å².